The van der Waals surface area contributed by atoms with Crippen molar-refractivity contribution in [2.24, 2.45) is 0 Å². The van der Waals surface area contributed by atoms with Gasteiger partial charge in [-0.3, -0.25) is 4.90 Å². The molecule has 0 radical (unpaired) electrons. The van der Waals surface area contributed by atoms with E-state index in [0.717, 1.165) is 13.0 Å². The highest BCUT2D eigenvalue weighted by Gasteiger charge is 2.22. The summed E-state index contributed by atoms with van der Waals surface area (Å²) in [7, 11) is 0. The van der Waals surface area contributed by atoms with Crippen molar-refractivity contribution >= 4 is 0 Å². The van der Waals surface area contributed by atoms with Crippen LogP contribution in [0.4, 0.5) is 4.39 Å². The smallest absolute Gasteiger partial charge is 0.127 e. The fourth-order valence-corrected chi connectivity index (χ4v) is 2.26. The van der Waals surface area contributed by atoms with Gasteiger partial charge in [0.1, 0.15) is 5.82 Å². The number of halogens is 1. The molecule has 2 rings (SSSR count). The number of morpholine rings is 1. The van der Waals surface area contributed by atoms with Crippen molar-refractivity contribution in [3.63, 3.8) is 0 Å². The van der Waals surface area contributed by atoms with Gasteiger partial charge in [-0.2, -0.15) is 5.26 Å². The van der Waals surface area contributed by atoms with Gasteiger partial charge in [-0.05, 0) is 24.6 Å². The number of nitrogens with zero attached hydrogens (tertiary/aromatic N) is 2. The summed E-state index contributed by atoms with van der Waals surface area (Å²) < 4.78 is 19.2. The van der Waals surface area contributed by atoms with Crippen LogP contribution >= 0.6 is 0 Å². The van der Waals surface area contributed by atoms with Gasteiger partial charge in [0.05, 0.1) is 24.8 Å². The summed E-state index contributed by atoms with van der Waals surface area (Å²) in [4.78, 5) is 2.23. The molecular weight excluding hydrogens is 231 g/mol. The molecule has 0 aromatic heterocycles. The lowest BCUT2D eigenvalue weighted by Gasteiger charge is -2.35. The topological polar surface area (TPSA) is 36.3 Å². The van der Waals surface area contributed by atoms with E-state index in [9.17, 15) is 4.39 Å². The third-order valence-electron chi connectivity index (χ3n) is 3.37. The van der Waals surface area contributed by atoms with E-state index >= 15 is 0 Å². The van der Waals surface area contributed by atoms with Gasteiger partial charge in [-0.15, -0.1) is 0 Å². The molecule has 0 amide bonds. The Morgan fingerprint density at radius 3 is 3.11 bits per heavy atom. The summed E-state index contributed by atoms with van der Waals surface area (Å²) in [6.07, 6.45) is 0.986. The van der Waals surface area contributed by atoms with Crippen LogP contribution < -0.4 is 0 Å². The minimum Gasteiger partial charge on any atom is -0.378 e. The molecule has 1 aliphatic heterocycles. The fraction of sp³-hybridized carbons (Fsp3) is 0.500. The molecule has 96 valence electrons. The van der Waals surface area contributed by atoms with Crippen molar-refractivity contribution in [2.75, 3.05) is 19.8 Å². The Bertz CT molecular complexity index is 456. The standard InChI is InChI=1S/C14H17FN2O/c1-2-13-10-18-6-5-17(13)9-12-7-11(8-16)3-4-14(12)15/h3-4,7,13H,2,5-6,9-10H2,1H3. The summed E-state index contributed by atoms with van der Waals surface area (Å²) in [5.74, 6) is -0.240. The van der Waals surface area contributed by atoms with Crippen LogP contribution in [0.15, 0.2) is 18.2 Å². The van der Waals surface area contributed by atoms with E-state index in [-0.39, 0.29) is 5.82 Å². The normalized spacial score (nSPS) is 20.6. The summed E-state index contributed by atoms with van der Waals surface area (Å²) >= 11 is 0. The molecule has 1 saturated heterocycles. The number of ether oxygens (including phenoxy) is 1. The molecular formula is C14H17FN2O. The van der Waals surface area contributed by atoms with Gasteiger partial charge in [0.2, 0.25) is 0 Å². The molecule has 0 N–H and O–H groups in total. The summed E-state index contributed by atoms with van der Waals surface area (Å²) in [5.41, 5.74) is 1.10. The lowest BCUT2D eigenvalue weighted by atomic mass is 10.1. The lowest BCUT2D eigenvalue weighted by molar-refractivity contribution is -0.0131. The van der Waals surface area contributed by atoms with Gasteiger partial charge in [0.25, 0.3) is 0 Å². The molecule has 1 unspecified atom stereocenters. The van der Waals surface area contributed by atoms with Gasteiger partial charge in [-0.1, -0.05) is 6.92 Å². The second-order valence-electron chi connectivity index (χ2n) is 4.53. The molecule has 4 heteroatoms. The van der Waals surface area contributed by atoms with E-state index in [1.807, 2.05) is 6.07 Å². The van der Waals surface area contributed by atoms with Crippen LogP contribution in [0.25, 0.3) is 0 Å². The predicted octanol–water partition coefficient (Wildman–Crippen LogP) is 2.31. The average Bonchev–Trinajstić information content (AvgIpc) is 2.42. The van der Waals surface area contributed by atoms with Crippen LogP contribution in [0.1, 0.15) is 24.5 Å². The quantitative estimate of drug-likeness (QED) is 0.823. The molecule has 0 saturated carbocycles. The van der Waals surface area contributed by atoms with Crippen LogP contribution in [0.2, 0.25) is 0 Å². The Hall–Kier alpha value is -1.44. The molecule has 18 heavy (non-hydrogen) atoms. The van der Waals surface area contributed by atoms with Crippen molar-refractivity contribution in [3.8, 4) is 6.07 Å². The zero-order valence-electron chi connectivity index (χ0n) is 10.5. The van der Waals surface area contributed by atoms with Crippen LogP contribution in [0.5, 0.6) is 0 Å². The monoisotopic (exact) mass is 248 g/mol. The Morgan fingerprint density at radius 1 is 1.56 bits per heavy atom. The first-order chi connectivity index (χ1) is 8.74. The van der Waals surface area contributed by atoms with Gasteiger partial charge >= 0.3 is 0 Å². The first kappa shape index (κ1) is 13.0. The SMILES string of the molecule is CCC1COCCN1Cc1cc(C#N)ccc1F. The minimum atomic E-state index is -0.240. The summed E-state index contributed by atoms with van der Waals surface area (Å²) in [6, 6.07) is 6.90. The highest BCUT2D eigenvalue weighted by molar-refractivity contribution is 5.33. The third kappa shape index (κ3) is 2.87. The molecule has 0 aliphatic carbocycles. The maximum absolute atomic E-state index is 13.7. The Kier molecular flexibility index (Phi) is 4.29. The maximum atomic E-state index is 13.7. The molecule has 0 bridgehead atoms. The molecule has 0 spiro atoms. The largest absolute Gasteiger partial charge is 0.378 e. The first-order valence-corrected chi connectivity index (χ1v) is 6.25. The van der Waals surface area contributed by atoms with Crippen molar-refractivity contribution in [3.05, 3.63) is 35.1 Å². The number of benzene rings is 1. The van der Waals surface area contributed by atoms with E-state index in [2.05, 4.69) is 11.8 Å². The minimum absolute atomic E-state index is 0.240. The van der Waals surface area contributed by atoms with Crippen LogP contribution in [0, 0.1) is 17.1 Å². The second kappa shape index (κ2) is 5.94. The maximum Gasteiger partial charge on any atom is 0.127 e. The molecule has 1 aromatic rings. The Balaban J connectivity index is 2.14. The van der Waals surface area contributed by atoms with E-state index in [0.29, 0.717) is 36.9 Å². The van der Waals surface area contributed by atoms with Gasteiger partial charge in [0.15, 0.2) is 0 Å². The number of rotatable bonds is 3. The number of hydrogen-bond donors (Lipinski definition) is 0. The highest BCUT2D eigenvalue weighted by atomic mass is 19.1. The van der Waals surface area contributed by atoms with Crippen LogP contribution in [0.3, 0.4) is 0 Å². The molecule has 1 aromatic carbocycles. The molecule has 1 heterocycles. The highest BCUT2D eigenvalue weighted by Crippen LogP contribution is 2.17. The second-order valence-corrected chi connectivity index (χ2v) is 4.53. The number of hydrogen-bond acceptors (Lipinski definition) is 3. The average molecular weight is 248 g/mol. The number of nitriles is 1. The van der Waals surface area contributed by atoms with E-state index in [4.69, 9.17) is 10.00 Å². The molecule has 3 nitrogen and oxygen atoms in total. The van der Waals surface area contributed by atoms with Crippen molar-refractivity contribution in [2.45, 2.75) is 25.9 Å². The Morgan fingerprint density at radius 2 is 2.39 bits per heavy atom. The van der Waals surface area contributed by atoms with Crippen molar-refractivity contribution in [1.82, 2.24) is 4.90 Å². The van der Waals surface area contributed by atoms with Crippen molar-refractivity contribution in [1.29, 1.82) is 5.26 Å². The van der Waals surface area contributed by atoms with Crippen LogP contribution in [-0.4, -0.2) is 30.7 Å². The summed E-state index contributed by atoms with van der Waals surface area (Å²) in [6.45, 7) is 4.86. The van der Waals surface area contributed by atoms with Gasteiger partial charge < -0.3 is 4.74 Å². The van der Waals surface area contributed by atoms with E-state index < -0.39 is 0 Å². The third-order valence-corrected chi connectivity index (χ3v) is 3.37. The molecule has 1 aliphatic rings. The fourth-order valence-electron chi connectivity index (χ4n) is 2.26. The predicted molar refractivity (Wildman–Crippen MR) is 66.4 cm³/mol. The van der Waals surface area contributed by atoms with Gasteiger partial charge in [0, 0.05) is 24.7 Å². The van der Waals surface area contributed by atoms with Gasteiger partial charge in [-0.25, -0.2) is 4.39 Å². The van der Waals surface area contributed by atoms with Crippen LogP contribution in [-0.2, 0) is 11.3 Å². The first-order valence-electron chi connectivity index (χ1n) is 6.25. The summed E-state index contributed by atoms with van der Waals surface area (Å²) in [5, 5.41) is 8.85. The van der Waals surface area contributed by atoms with E-state index in [1.54, 1.807) is 6.07 Å². The molecule has 1 atom stereocenters. The van der Waals surface area contributed by atoms with Crippen molar-refractivity contribution < 1.29 is 9.13 Å². The van der Waals surface area contributed by atoms with E-state index in [1.165, 1.54) is 12.1 Å². The molecule has 1 fully saturated rings. The Labute approximate surface area is 107 Å². The lowest BCUT2D eigenvalue weighted by Crippen LogP contribution is -2.44. The zero-order valence-corrected chi connectivity index (χ0v) is 10.5. The zero-order chi connectivity index (χ0) is 13.0.